The average Bonchev–Trinajstić information content (AvgIpc) is 3.45. The summed E-state index contributed by atoms with van der Waals surface area (Å²) in [6, 6.07) is 14.6. The van der Waals surface area contributed by atoms with Gasteiger partial charge in [0.2, 0.25) is 0 Å². The number of carbonyl (C=O) groups is 1. The van der Waals surface area contributed by atoms with Crippen molar-refractivity contribution in [3.63, 3.8) is 0 Å². The molecule has 4 aromatic rings. The summed E-state index contributed by atoms with van der Waals surface area (Å²) in [4.78, 5) is 33.4. The molecule has 1 N–H and O–H groups in total. The fraction of sp³-hybridized carbons (Fsp3) is 0.217. The molecule has 4 rings (SSSR count). The molecule has 164 valence electrons. The second-order valence-electron chi connectivity index (χ2n) is 7.39. The maximum absolute atomic E-state index is 12.4. The Kier molecular flexibility index (Phi) is 6.48. The lowest BCUT2D eigenvalue weighted by Crippen LogP contribution is -2.31. The number of amides is 1. The normalized spacial score (nSPS) is 10.8. The first-order valence-electron chi connectivity index (χ1n) is 10.1. The van der Waals surface area contributed by atoms with Crippen LogP contribution in [0.5, 0.6) is 0 Å². The van der Waals surface area contributed by atoms with Crippen molar-refractivity contribution in [2.24, 2.45) is 0 Å². The molecule has 1 amide bonds. The maximum atomic E-state index is 12.4. The fourth-order valence-corrected chi connectivity index (χ4v) is 4.99. The first kappa shape index (κ1) is 21.9. The molecule has 7 nitrogen and oxygen atoms in total. The minimum atomic E-state index is -0.209. The molecule has 3 heterocycles. The van der Waals surface area contributed by atoms with Crippen molar-refractivity contribution in [1.29, 1.82) is 0 Å². The van der Waals surface area contributed by atoms with E-state index in [0.717, 1.165) is 26.1 Å². The highest BCUT2D eigenvalue weighted by Gasteiger charge is 2.14. The highest BCUT2D eigenvalue weighted by molar-refractivity contribution is 7.23. The zero-order valence-electron chi connectivity index (χ0n) is 18.0. The number of carbonyl (C=O) groups excluding carboxylic acids is 1. The Bertz CT molecular complexity index is 1270. The molecule has 0 radical (unpaired) electrons. The van der Waals surface area contributed by atoms with E-state index in [2.05, 4.69) is 15.4 Å². The van der Waals surface area contributed by atoms with E-state index in [4.69, 9.17) is 0 Å². The summed E-state index contributed by atoms with van der Waals surface area (Å²) in [5.74, 6) is -0.182. The predicted octanol–water partition coefficient (Wildman–Crippen LogP) is 3.90. The number of hydrogen-bond donors (Lipinski definition) is 1. The molecule has 0 aliphatic heterocycles. The third-order valence-corrected chi connectivity index (χ3v) is 7.10. The summed E-state index contributed by atoms with van der Waals surface area (Å²) >= 11 is 3.20. The highest BCUT2D eigenvalue weighted by atomic mass is 32.1. The van der Waals surface area contributed by atoms with Crippen LogP contribution in [0.2, 0.25) is 0 Å². The SMILES string of the molecule is Cc1nc(-c2cccs2)sc1-c1ccc(=O)n(CCNC(=O)c2ccc(N(C)C)cc2)n1. The van der Waals surface area contributed by atoms with Crippen LogP contribution in [0.25, 0.3) is 20.5 Å². The van der Waals surface area contributed by atoms with E-state index in [-0.39, 0.29) is 18.0 Å². The Morgan fingerprint density at radius 1 is 1.12 bits per heavy atom. The van der Waals surface area contributed by atoms with Crippen LogP contribution in [0.1, 0.15) is 16.1 Å². The quantitative estimate of drug-likeness (QED) is 0.448. The number of benzene rings is 1. The smallest absolute Gasteiger partial charge is 0.266 e. The van der Waals surface area contributed by atoms with Gasteiger partial charge in [0.05, 0.1) is 22.0 Å². The number of aryl methyl sites for hydroxylation is 1. The fourth-order valence-electron chi connectivity index (χ4n) is 3.16. The molecule has 9 heteroatoms. The van der Waals surface area contributed by atoms with Gasteiger partial charge >= 0.3 is 0 Å². The van der Waals surface area contributed by atoms with Gasteiger partial charge in [0.15, 0.2) is 0 Å². The molecule has 0 bridgehead atoms. The molecular formula is C23H23N5O2S2. The minimum Gasteiger partial charge on any atom is -0.378 e. The van der Waals surface area contributed by atoms with Crippen molar-refractivity contribution in [2.45, 2.75) is 13.5 Å². The van der Waals surface area contributed by atoms with Crippen molar-refractivity contribution in [3.05, 3.63) is 75.5 Å². The second kappa shape index (κ2) is 9.46. The Hall–Kier alpha value is -3.30. The van der Waals surface area contributed by atoms with Gasteiger partial charge in [-0.3, -0.25) is 9.59 Å². The van der Waals surface area contributed by atoms with Crippen LogP contribution in [0.4, 0.5) is 5.69 Å². The Morgan fingerprint density at radius 2 is 1.91 bits per heavy atom. The molecule has 0 saturated heterocycles. The lowest BCUT2D eigenvalue weighted by molar-refractivity contribution is 0.0952. The minimum absolute atomic E-state index is 0.182. The lowest BCUT2D eigenvalue weighted by atomic mass is 10.2. The van der Waals surface area contributed by atoms with Crippen molar-refractivity contribution in [3.8, 4) is 20.5 Å². The first-order chi connectivity index (χ1) is 15.4. The molecule has 0 aliphatic carbocycles. The molecule has 32 heavy (non-hydrogen) atoms. The Labute approximate surface area is 194 Å². The topological polar surface area (TPSA) is 80.1 Å². The Morgan fingerprint density at radius 3 is 2.59 bits per heavy atom. The van der Waals surface area contributed by atoms with Gasteiger partial charge in [-0.15, -0.1) is 22.7 Å². The van der Waals surface area contributed by atoms with Gasteiger partial charge in [-0.2, -0.15) is 5.10 Å². The van der Waals surface area contributed by atoms with E-state index in [9.17, 15) is 9.59 Å². The molecule has 0 saturated carbocycles. The summed E-state index contributed by atoms with van der Waals surface area (Å²) in [5.41, 5.74) is 2.97. The van der Waals surface area contributed by atoms with Crippen LogP contribution in [0.3, 0.4) is 0 Å². The van der Waals surface area contributed by atoms with Crippen LogP contribution < -0.4 is 15.8 Å². The molecular weight excluding hydrogens is 442 g/mol. The van der Waals surface area contributed by atoms with Gasteiger partial charge in [-0.1, -0.05) is 6.07 Å². The molecule has 0 unspecified atom stereocenters. The van der Waals surface area contributed by atoms with Gasteiger partial charge in [-0.05, 0) is 48.7 Å². The number of hydrogen-bond acceptors (Lipinski definition) is 7. The number of thiazole rings is 1. The third kappa shape index (κ3) is 4.79. The molecule has 1 aromatic carbocycles. The number of nitrogens with zero attached hydrogens (tertiary/aromatic N) is 4. The van der Waals surface area contributed by atoms with E-state index in [0.29, 0.717) is 17.8 Å². The van der Waals surface area contributed by atoms with E-state index < -0.39 is 0 Å². The lowest BCUT2D eigenvalue weighted by Gasteiger charge is -2.12. The van der Waals surface area contributed by atoms with Gasteiger partial charge < -0.3 is 10.2 Å². The zero-order chi connectivity index (χ0) is 22.7. The summed E-state index contributed by atoms with van der Waals surface area (Å²) < 4.78 is 1.38. The van der Waals surface area contributed by atoms with E-state index in [1.165, 1.54) is 10.7 Å². The standard InChI is InChI=1S/C23H23N5O2S2/c1-15-21(32-23(25-15)19-5-4-14-31-19)18-10-11-20(29)28(26-18)13-12-24-22(30)16-6-8-17(9-7-16)27(2)3/h4-11,14H,12-13H2,1-3H3,(H,24,30). The second-order valence-corrected chi connectivity index (χ2v) is 9.33. The molecule has 0 aliphatic rings. The van der Waals surface area contributed by atoms with E-state index in [1.807, 2.05) is 55.6 Å². The number of aromatic nitrogens is 3. The van der Waals surface area contributed by atoms with E-state index >= 15 is 0 Å². The van der Waals surface area contributed by atoms with Crippen molar-refractivity contribution in [1.82, 2.24) is 20.1 Å². The van der Waals surface area contributed by atoms with Crippen LogP contribution in [-0.4, -0.2) is 41.3 Å². The van der Waals surface area contributed by atoms with Gasteiger partial charge in [0.25, 0.3) is 11.5 Å². The summed E-state index contributed by atoms with van der Waals surface area (Å²) in [7, 11) is 3.90. The van der Waals surface area contributed by atoms with Crippen LogP contribution in [0.15, 0.2) is 58.7 Å². The van der Waals surface area contributed by atoms with Crippen LogP contribution >= 0.6 is 22.7 Å². The zero-order valence-corrected chi connectivity index (χ0v) is 19.7. The largest absolute Gasteiger partial charge is 0.378 e. The van der Waals surface area contributed by atoms with Crippen molar-refractivity contribution >= 4 is 34.3 Å². The summed E-state index contributed by atoms with van der Waals surface area (Å²) in [6.07, 6.45) is 0. The number of rotatable bonds is 7. The van der Waals surface area contributed by atoms with Crippen molar-refractivity contribution < 1.29 is 4.79 Å². The highest BCUT2D eigenvalue weighted by Crippen LogP contribution is 2.35. The molecule has 0 spiro atoms. The van der Waals surface area contributed by atoms with Crippen LogP contribution in [0, 0.1) is 6.92 Å². The first-order valence-corrected chi connectivity index (χ1v) is 11.8. The maximum Gasteiger partial charge on any atom is 0.266 e. The van der Waals surface area contributed by atoms with Crippen molar-refractivity contribution in [2.75, 3.05) is 25.5 Å². The third-order valence-electron chi connectivity index (χ3n) is 4.88. The molecule has 0 atom stereocenters. The van der Waals surface area contributed by atoms with Gasteiger partial charge in [0, 0.05) is 38.0 Å². The molecule has 3 aromatic heterocycles. The monoisotopic (exact) mass is 465 g/mol. The number of thiophene rings is 1. The molecule has 0 fully saturated rings. The van der Waals surface area contributed by atoms with Gasteiger partial charge in [0.1, 0.15) is 10.7 Å². The number of anilines is 1. The summed E-state index contributed by atoms with van der Waals surface area (Å²) in [5, 5.41) is 10.3. The average molecular weight is 466 g/mol. The summed E-state index contributed by atoms with van der Waals surface area (Å²) in [6.45, 7) is 2.53. The van der Waals surface area contributed by atoms with E-state index in [1.54, 1.807) is 40.9 Å². The Balaban J connectivity index is 1.44. The number of nitrogens with one attached hydrogen (secondary N) is 1. The van der Waals surface area contributed by atoms with Crippen LogP contribution in [-0.2, 0) is 6.54 Å². The predicted molar refractivity (Wildman–Crippen MR) is 131 cm³/mol. The van der Waals surface area contributed by atoms with Gasteiger partial charge in [-0.25, -0.2) is 9.67 Å².